The number of carbonyl (C=O) groups is 1. The molecule has 1 amide bonds. The second kappa shape index (κ2) is 7.21. The number of aryl methyl sites for hydroxylation is 1. The van der Waals surface area contributed by atoms with Crippen LogP contribution in [0, 0.1) is 0 Å². The molecule has 24 heavy (non-hydrogen) atoms. The Morgan fingerprint density at radius 1 is 0.958 bits per heavy atom. The van der Waals surface area contributed by atoms with Crippen molar-refractivity contribution in [3.8, 4) is 5.75 Å². The van der Waals surface area contributed by atoms with E-state index in [0.29, 0.717) is 6.61 Å². The van der Waals surface area contributed by atoms with Gasteiger partial charge < -0.3 is 15.2 Å². The van der Waals surface area contributed by atoms with Crippen LogP contribution in [0.3, 0.4) is 0 Å². The van der Waals surface area contributed by atoms with Crippen LogP contribution in [0.2, 0.25) is 0 Å². The van der Waals surface area contributed by atoms with E-state index in [2.05, 4.69) is 42.5 Å². The van der Waals surface area contributed by atoms with E-state index in [1.807, 2.05) is 6.07 Å². The van der Waals surface area contributed by atoms with Gasteiger partial charge in [-0.3, -0.25) is 0 Å². The zero-order chi connectivity index (χ0) is 16.9. The summed E-state index contributed by atoms with van der Waals surface area (Å²) in [5.74, 6) is 0.872. The number of fused-ring (bicyclic) bond motifs is 3. The predicted octanol–water partition coefficient (Wildman–Crippen LogP) is 4.42. The maximum absolute atomic E-state index is 10.5. The van der Waals surface area contributed by atoms with Gasteiger partial charge in [0.05, 0.1) is 13.7 Å². The van der Waals surface area contributed by atoms with E-state index >= 15 is 0 Å². The molecule has 0 bridgehead atoms. The summed E-state index contributed by atoms with van der Waals surface area (Å²) < 4.78 is 10.0. The van der Waals surface area contributed by atoms with E-state index in [4.69, 9.17) is 15.2 Å². The van der Waals surface area contributed by atoms with Crippen molar-refractivity contribution in [2.75, 3.05) is 13.7 Å². The second-order valence-corrected chi connectivity index (χ2v) is 5.83. The normalized spacial score (nSPS) is 10.9. The zero-order valence-electron chi connectivity index (χ0n) is 13.7. The maximum atomic E-state index is 10.5. The molecule has 2 N–H and O–H groups in total. The van der Waals surface area contributed by atoms with E-state index in [9.17, 15) is 4.79 Å². The van der Waals surface area contributed by atoms with E-state index in [1.54, 1.807) is 7.11 Å². The number of hydrogen-bond donors (Lipinski definition) is 1. The molecule has 124 valence electrons. The molecule has 0 radical (unpaired) electrons. The lowest BCUT2D eigenvalue weighted by molar-refractivity contribution is 0.154. The van der Waals surface area contributed by atoms with Crippen LogP contribution in [-0.2, 0) is 11.2 Å². The van der Waals surface area contributed by atoms with Crippen molar-refractivity contribution >= 4 is 27.6 Å². The van der Waals surface area contributed by atoms with Crippen LogP contribution < -0.4 is 10.5 Å². The molecule has 0 aromatic heterocycles. The molecule has 0 spiro atoms. The fourth-order valence-corrected chi connectivity index (χ4v) is 2.99. The standard InChI is InChI=1S/C20H21NO3/c1-23-17-8-10-19-16(13-17)7-6-15-12-14(5-9-18(15)19)4-2-3-11-24-20(21)22/h5-10,12-13H,2-4,11H2,1H3,(H2,21,22). The third-order valence-electron chi connectivity index (χ3n) is 4.21. The van der Waals surface area contributed by atoms with E-state index < -0.39 is 6.09 Å². The van der Waals surface area contributed by atoms with Gasteiger partial charge >= 0.3 is 6.09 Å². The van der Waals surface area contributed by atoms with Crippen molar-refractivity contribution in [3.63, 3.8) is 0 Å². The number of nitrogens with two attached hydrogens (primary N) is 1. The Labute approximate surface area is 141 Å². The summed E-state index contributed by atoms with van der Waals surface area (Å²) in [5.41, 5.74) is 6.23. The van der Waals surface area contributed by atoms with Gasteiger partial charge in [0.15, 0.2) is 0 Å². The Hall–Kier alpha value is -2.75. The number of primary amides is 1. The van der Waals surface area contributed by atoms with Crippen molar-refractivity contribution in [2.45, 2.75) is 19.3 Å². The highest BCUT2D eigenvalue weighted by molar-refractivity contribution is 6.07. The highest BCUT2D eigenvalue weighted by atomic mass is 16.5. The molecule has 0 aliphatic rings. The van der Waals surface area contributed by atoms with Crippen molar-refractivity contribution in [3.05, 3.63) is 54.1 Å². The molecule has 0 aliphatic carbocycles. The van der Waals surface area contributed by atoms with Gasteiger partial charge in [0, 0.05) is 0 Å². The molecule has 0 aliphatic heterocycles. The van der Waals surface area contributed by atoms with Gasteiger partial charge in [0.1, 0.15) is 5.75 Å². The Bertz CT molecular complexity index is 873. The maximum Gasteiger partial charge on any atom is 0.404 e. The summed E-state index contributed by atoms with van der Waals surface area (Å²) >= 11 is 0. The van der Waals surface area contributed by atoms with Crippen molar-refractivity contribution in [1.29, 1.82) is 0 Å². The number of unbranched alkanes of at least 4 members (excludes halogenated alkanes) is 1. The summed E-state index contributed by atoms with van der Waals surface area (Å²) in [6.45, 7) is 0.384. The lowest BCUT2D eigenvalue weighted by atomic mass is 9.98. The SMILES string of the molecule is COc1ccc2c(ccc3cc(CCCCOC(N)=O)ccc32)c1. The van der Waals surface area contributed by atoms with Gasteiger partial charge in [-0.2, -0.15) is 0 Å². The second-order valence-electron chi connectivity index (χ2n) is 5.83. The molecule has 0 atom stereocenters. The average molecular weight is 323 g/mol. The third-order valence-corrected chi connectivity index (χ3v) is 4.21. The van der Waals surface area contributed by atoms with Crippen LogP contribution in [-0.4, -0.2) is 19.8 Å². The third kappa shape index (κ3) is 3.59. The average Bonchev–Trinajstić information content (AvgIpc) is 2.60. The summed E-state index contributed by atoms with van der Waals surface area (Å²) in [6.07, 6.45) is 2.03. The molecule has 0 saturated carbocycles. The number of methoxy groups -OCH3 is 1. The Morgan fingerprint density at radius 2 is 1.67 bits per heavy atom. The first-order valence-electron chi connectivity index (χ1n) is 8.09. The molecular formula is C20H21NO3. The number of rotatable bonds is 6. The minimum Gasteiger partial charge on any atom is -0.497 e. The molecular weight excluding hydrogens is 302 g/mol. The van der Waals surface area contributed by atoms with Crippen molar-refractivity contribution < 1.29 is 14.3 Å². The van der Waals surface area contributed by atoms with Crippen LogP contribution >= 0.6 is 0 Å². The van der Waals surface area contributed by atoms with Gasteiger partial charge in [0.25, 0.3) is 0 Å². The van der Waals surface area contributed by atoms with Crippen LogP contribution in [0.4, 0.5) is 4.79 Å². The minimum absolute atomic E-state index is 0.384. The number of carbonyl (C=O) groups excluding carboxylic acids is 1. The lowest BCUT2D eigenvalue weighted by Gasteiger charge is -2.08. The predicted molar refractivity (Wildman–Crippen MR) is 96.5 cm³/mol. The van der Waals surface area contributed by atoms with Gasteiger partial charge in [-0.25, -0.2) is 4.79 Å². The molecule has 4 nitrogen and oxygen atoms in total. The summed E-state index contributed by atoms with van der Waals surface area (Å²) in [7, 11) is 1.68. The summed E-state index contributed by atoms with van der Waals surface area (Å²) in [4.78, 5) is 10.5. The Kier molecular flexibility index (Phi) is 4.85. The summed E-state index contributed by atoms with van der Waals surface area (Å²) in [6, 6.07) is 17.0. The van der Waals surface area contributed by atoms with Crippen LogP contribution in [0.1, 0.15) is 18.4 Å². The van der Waals surface area contributed by atoms with Gasteiger partial charge in [-0.05, 0) is 58.5 Å². The largest absolute Gasteiger partial charge is 0.497 e. The number of amides is 1. The Morgan fingerprint density at radius 3 is 2.38 bits per heavy atom. The highest BCUT2D eigenvalue weighted by Crippen LogP contribution is 2.29. The smallest absolute Gasteiger partial charge is 0.404 e. The summed E-state index contributed by atoms with van der Waals surface area (Å²) in [5, 5.41) is 4.89. The zero-order valence-corrected chi connectivity index (χ0v) is 13.7. The molecule has 3 rings (SSSR count). The van der Waals surface area contributed by atoms with Crippen LogP contribution in [0.15, 0.2) is 48.5 Å². The Balaban J connectivity index is 1.76. The van der Waals surface area contributed by atoms with Gasteiger partial charge in [-0.1, -0.05) is 36.4 Å². The monoisotopic (exact) mass is 323 g/mol. The first-order valence-corrected chi connectivity index (χ1v) is 8.09. The number of hydrogen-bond acceptors (Lipinski definition) is 3. The van der Waals surface area contributed by atoms with Crippen molar-refractivity contribution in [2.24, 2.45) is 5.73 Å². The molecule has 0 heterocycles. The molecule has 3 aromatic carbocycles. The fourth-order valence-electron chi connectivity index (χ4n) is 2.99. The molecule has 3 aromatic rings. The quantitative estimate of drug-likeness (QED) is 0.539. The molecule has 4 heteroatoms. The highest BCUT2D eigenvalue weighted by Gasteiger charge is 2.04. The lowest BCUT2D eigenvalue weighted by Crippen LogP contribution is -2.13. The number of ether oxygens (including phenoxy) is 2. The molecule has 0 fully saturated rings. The topological polar surface area (TPSA) is 61.6 Å². The number of benzene rings is 3. The van der Waals surface area contributed by atoms with Gasteiger partial charge in [0.2, 0.25) is 0 Å². The van der Waals surface area contributed by atoms with Crippen LogP contribution in [0.5, 0.6) is 5.75 Å². The minimum atomic E-state index is -0.704. The first kappa shape index (κ1) is 16.1. The van der Waals surface area contributed by atoms with E-state index in [0.717, 1.165) is 25.0 Å². The van der Waals surface area contributed by atoms with Crippen LogP contribution in [0.25, 0.3) is 21.5 Å². The van der Waals surface area contributed by atoms with E-state index in [1.165, 1.54) is 27.1 Å². The van der Waals surface area contributed by atoms with E-state index in [-0.39, 0.29) is 0 Å². The van der Waals surface area contributed by atoms with Gasteiger partial charge in [-0.15, -0.1) is 0 Å². The fraction of sp³-hybridized carbons (Fsp3) is 0.250. The molecule has 0 unspecified atom stereocenters. The first-order chi connectivity index (χ1) is 11.7. The van der Waals surface area contributed by atoms with Crippen molar-refractivity contribution in [1.82, 2.24) is 0 Å². The molecule has 0 saturated heterocycles.